The van der Waals surface area contributed by atoms with Gasteiger partial charge >= 0.3 is 0 Å². The van der Waals surface area contributed by atoms with Crippen molar-refractivity contribution in [2.45, 2.75) is 6.54 Å². The lowest BCUT2D eigenvalue weighted by Crippen LogP contribution is -2.06. The lowest BCUT2D eigenvalue weighted by atomic mass is 10.0. The number of hydrogen-bond donors (Lipinski definition) is 1. The van der Waals surface area contributed by atoms with Gasteiger partial charge in [0.25, 0.3) is 0 Å². The molecule has 0 heterocycles. The van der Waals surface area contributed by atoms with Crippen LogP contribution < -0.4 is 5.32 Å². The zero-order valence-electron chi connectivity index (χ0n) is 9.20. The molecular formula is C14H14FN. The van der Waals surface area contributed by atoms with Gasteiger partial charge in [0, 0.05) is 12.1 Å². The summed E-state index contributed by atoms with van der Waals surface area (Å²) in [4.78, 5) is 0. The Kier molecular flexibility index (Phi) is 3.32. The highest BCUT2D eigenvalue weighted by molar-refractivity contribution is 5.63. The third-order valence-electron chi connectivity index (χ3n) is 2.53. The van der Waals surface area contributed by atoms with Crippen molar-refractivity contribution in [3.8, 4) is 11.1 Å². The molecule has 0 bridgehead atoms. The van der Waals surface area contributed by atoms with Crippen LogP contribution in [0.5, 0.6) is 0 Å². The van der Waals surface area contributed by atoms with Gasteiger partial charge in [-0.2, -0.15) is 0 Å². The average Bonchev–Trinajstić information content (AvgIpc) is 2.33. The minimum Gasteiger partial charge on any atom is -0.316 e. The first-order valence-corrected chi connectivity index (χ1v) is 5.29. The van der Waals surface area contributed by atoms with E-state index in [1.165, 1.54) is 0 Å². The van der Waals surface area contributed by atoms with Crippen LogP contribution in [0.1, 0.15) is 5.56 Å². The summed E-state index contributed by atoms with van der Waals surface area (Å²) in [6, 6.07) is 15.2. The van der Waals surface area contributed by atoms with Crippen LogP contribution in [0.3, 0.4) is 0 Å². The van der Waals surface area contributed by atoms with Gasteiger partial charge in [0.15, 0.2) is 0 Å². The molecule has 2 aromatic rings. The Morgan fingerprint density at radius 2 is 1.75 bits per heavy atom. The topological polar surface area (TPSA) is 12.0 Å². The number of hydrogen-bond acceptors (Lipinski definition) is 1. The van der Waals surface area contributed by atoms with Gasteiger partial charge in [0.1, 0.15) is 5.82 Å². The first-order valence-electron chi connectivity index (χ1n) is 5.29. The van der Waals surface area contributed by atoms with Gasteiger partial charge in [0.2, 0.25) is 0 Å². The van der Waals surface area contributed by atoms with Crippen LogP contribution in [0.25, 0.3) is 11.1 Å². The SMILES string of the molecule is CNCc1ccc(-c2ccccc2)cc1F. The quantitative estimate of drug-likeness (QED) is 0.829. The van der Waals surface area contributed by atoms with Crippen LogP contribution in [0.15, 0.2) is 48.5 Å². The molecule has 16 heavy (non-hydrogen) atoms. The highest BCUT2D eigenvalue weighted by Crippen LogP contribution is 2.21. The normalized spacial score (nSPS) is 10.4. The monoisotopic (exact) mass is 215 g/mol. The summed E-state index contributed by atoms with van der Waals surface area (Å²) in [7, 11) is 1.81. The third kappa shape index (κ3) is 2.28. The molecule has 0 unspecified atom stereocenters. The number of halogens is 1. The van der Waals surface area contributed by atoms with Crippen LogP contribution in [0.4, 0.5) is 4.39 Å². The second-order valence-electron chi connectivity index (χ2n) is 3.70. The van der Waals surface area contributed by atoms with Crippen LogP contribution in [0, 0.1) is 5.82 Å². The van der Waals surface area contributed by atoms with Gasteiger partial charge in [-0.05, 0) is 24.2 Å². The molecule has 1 N–H and O–H groups in total. The fourth-order valence-corrected chi connectivity index (χ4v) is 1.69. The smallest absolute Gasteiger partial charge is 0.128 e. The maximum atomic E-state index is 13.7. The number of benzene rings is 2. The Hall–Kier alpha value is -1.67. The molecule has 0 radical (unpaired) electrons. The minimum absolute atomic E-state index is 0.157. The lowest BCUT2D eigenvalue weighted by molar-refractivity contribution is 0.601. The maximum Gasteiger partial charge on any atom is 0.128 e. The molecule has 0 aliphatic carbocycles. The summed E-state index contributed by atoms with van der Waals surface area (Å²) in [6.07, 6.45) is 0. The minimum atomic E-state index is -0.157. The molecule has 1 nitrogen and oxygen atoms in total. The molecule has 0 saturated heterocycles. The predicted molar refractivity (Wildman–Crippen MR) is 64.6 cm³/mol. The zero-order valence-corrected chi connectivity index (χ0v) is 9.20. The first-order chi connectivity index (χ1) is 7.81. The second-order valence-corrected chi connectivity index (χ2v) is 3.70. The summed E-state index contributed by atoms with van der Waals surface area (Å²) in [5, 5.41) is 2.94. The summed E-state index contributed by atoms with van der Waals surface area (Å²) in [5.74, 6) is -0.157. The van der Waals surface area contributed by atoms with Gasteiger partial charge in [0.05, 0.1) is 0 Å². The van der Waals surface area contributed by atoms with E-state index in [1.807, 2.05) is 49.5 Å². The van der Waals surface area contributed by atoms with Gasteiger partial charge in [-0.25, -0.2) is 4.39 Å². The van der Waals surface area contributed by atoms with E-state index in [-0.39, 0.29) is 5.82 Å². The van der Waals surface area contributed by atoms with E-state index in [0.717, 1.165) is 11.1 Å². The standard InChI is InChI=1S/C14H14FN/c1-16-10-13-8-7-12(9-14(13)15)11-5-3-2-4-6-11/h2-9,16H,10H2,1H3. The van der Waals surface area contributed by atoms with E-state index in [0.29, 0.717) is 12.1 Å². The van der Waals surface area contributed by atoms with Crippen LogP contribution in [-0.2, 0) is 6.54 Å². The van der Waals surface area contributed by atoms with Crippen molar-refractivity contribution in [1.82, 2.24) is 5.32 Å². The number of nitrogens with one attached hydrogen (secondary N) is 1. The molecule has 0 aromatic heterocycles. The Labute approximate surface area is 94.9 Å². The average molecular weight is 215 g/mol. The molecular weight excluding hydrogens is 201 g/mol. The van der Waals surface area contributed by atoms with Crippen molar-refractivity contribution < 1.29 is 4.39 Å². The van der Waals surface area contributed by atoms with Crippen LogP contribution in [0.2, 0.25) is 0 Å². The first kappa shape index (κ1) is 10.8. The fraction of sp³-hybridized carbons (Fsp3) is 0.143. The molecule has 2 heteroatoms. The summed E-state index contributed by atoms with van der Waals surface area (Å²) in [6.45, 7) is 0.556. The molecule has 0 aliphatic heterocycles. The second kappa shape index (κ2) is 4.90. The molecule has 0 aliphatic rings. The summed E-state index contributed by atoms with van der Waals surface area (Å²) in [5.41, 5.74) is 2.65. The highest BCUT2D eigenvalue weighted by Gasteiger charge is 2.03. The molecule has 2 aromatic carbocycles. The van der Waals surface area contributed by atoms with Crippen molar-refractivity contribution in [2.24, 2.45) is 0 Å². The number of rotatable bonds is 3. The van der Waals surface area contributed by atoms with E-state index in [2.05, 4.69) is 5.32 Å². The molecule has 0 saturated carbocycles. The highest BCUT2D eigenvalue weighted by atomic mass is 19.1. The van der Waals surface area contributed by atoms with Crippen molar-refractivity contribution in [1.29, 1.82) is 0 Å². The fourth-order valence-electron chi connectivity index (χ4n) is 1.69. The van der Waals surface area contributed by atoms with Gasteiger partial charge in [-0.3, -0.25) is 0 Å². The van der Waals surface area contributed by atoms with E-state index < -0.39 is 0 Å². The Bertz CT molecular complexity index is 465. The molecule has 2 rings (SSSR count). The predicted octanol–water partition coefficient (Wildman–Crippen LogP) is 3.21. The van der Waals surface area contributed by atoms with Gasteiger partial charge in [-0.1, -0.05) is 42.5 Å². The van der Waals surface area contributed by atoms with E-state index in [9.17, 15) is 4.39 Å². The summed E-state index contributed by atoms with van der Waals surface area (Å²) >= 11 is 0. The summed E-state index contributed by atoms with van der Waals surface area (Å²) < 4.78 is 13.7. The molecule has 0 amide bonds. The Morgan fingerprint density at radius 1 is 1.00 bits per heavy atom. The van der Waals surface area contributed by atoms with Gasteiger partial charge < -0.3 is 5.32 Å². The van der Waals surface area contributed by atoms with Crippen LogP contribution >= 0.6 is 0 Å². The molecule has 82 valence electrons. The Morgan fingerprint density at radius 3 is 2.38 bits per heavy atom. The third-order valence-corrected chi connectivity index (χ3v) is 2.53. The van der Waals surface area contributed by atoms with E-state index in [4.69, 9.17) is 0 Å². The molecule has 0 atom stereocenters. The molecule has 0 spiro atoms. The van der Waals surface area contributed by atoms with Crippen molar-refractivity contribution >= 4 is 0 Å². The molecule has 0 fully saturated rings. The van der Waals surface area contributed by atoms with E-state index >= 15 is 0 Å². The lowest BCUT2D eigenvalue weighted by Gasteiger charge is -2.05. The van der Waals surface area contributed by atoms with E-state index in [1.54, 1.807) is 6.07 Å². The maximum absolute atomic E-state index is 13.7. The van der Waals surface area contributed by atoms with Gasteiger partial charge in [-0.15, -0.1) is 0 Å². The Balaban J connectivity index is 2.35. The van der Waals surface area contributed by atoms with Crippen molar-refractivity contribution in [3.05, 3.63) is 59.9 Å². The van der Waals surface area contributed by atoms with Crippen molar-refractivity contribution in [2.75, 3.05) is 7.05 Å². The largest absolute Gasteiger partial charge is 0.316 e. The van der Waals surface area contributed by atoms with Crippen LogP contribution in [-0.4, -0.2) is 7.05 Å². The zero-order chi connectivity index (χ0) is 11.4. The van der Waals surface area contributed by atoms with Crippen molar-refractivity contribution in [3.63, 3.8) is 0 Å².